The standard InChI is InChI=1S/C28H38N6O2/c1-4-36-17-24-32-25-26(18(2)19(3)30-27(25)29)34(24)15-12-20-10-13-33(14-11-20)28(35)31-23-16-22(23)21-8-6-5-7-9-21/h5-9,20,22-23H,4,10-17H2,1-3H3,(H2,29,30)(H,31,35)/t22-,23+/m0/s1. The Morgan fingerprint density at radius 3 is 2.64 bits per heavy atom. The van der Waals surface area contributed by atoms with Crippen LogP contribution in [0.25, 0.3) is 11.0 Å². The lowest BCUT2D eigenvalue weighted by molar-refractivity contribution is 0.125. The predicted molar refractivity (Wildman–Crippen MR) is 142 cm³/mol. The Hall–Kier alpha value is -3.13. The zero-order chi connectivity index (χ0) is 25.2. The number of likely N-dealkylation sites (tertiary alicyclic amines) is 1. The SMILES string of the molecule is CCOCc1nc2c(N)nc(C)c(C)c2n1CCC1CCN(C(=O)N[C@@H]2C[C@H]2c2ccccc2)CC1. The molecule has 1 saturated carbocycles. The summed E-state index contributed by atoms with van der Waals surface area (Å²) in [5.41, 5.74) is 11.5. The molecule has 0 spiro atoms. The molecule has 2 fully saturated rings. The van der Waals surface area contributed by atoms with Gasteiger partial charge in [0.1, 0.15) is 17.9 Å². The van der Waals surface area contributed by atoms with E-state index in [1.165, 1.54) is 5.56 Å². The number of amides is 2. The van der Waals surface area contributed by atoms with Gasteiger partial charge in [0.05, 0.1) is 5.52 Å². The second kappa shape index (κ2) is 10.5. The number of nitrogens with one attached hydrogen (secondary N) is 1. The first-order valence-corrected chi connectivity index (χ1v) is 13.3. The van der Waals surface area contributed by atoms with E-state index in [1.807, 2.05) is 24.8 Å². The molecule has 3 N–H and O–H groups in total. The van der Waals surface area contributed by atoms with Crippen LogP contribution >= 0.6 is 0 Å². The molecule has 2 atom stereocenters. The van der Waals surface area contributed by atoms with Crippen LogP contribution in [0.3, 0.4) is 0 Å². The van der Waals surface area contributed by atoms with Gasteiger partial charge in [-0.05, 0) is 63.5 Å². The monoisotopic (exact) mass is 490 g/mol. The number of hydrogen-bond donors (Lipinski definition) is 2. The summed E-state index contributed by atoms with van der Waals surface area (Å²) in [5, 5.41) is 3.25. The number of ether oxygens (including phenoxy) is 1. The van der Waals surface area contributed by atoms with E-state index in [0.29, 0.717) is 30.9 Å². The number of rotatable bonds is 8. The fourth-order valence-corrected chi connectivity index (χ4v) is 5.50. The average molecular weight is 491 g/mol. The molecular weight excluding hydrogens is 452 g/mol. The minimum Gasteiger partial charge on any atom is -0.382 e. The Kier molecular flexibility index (Phi) is 7.14. The second-order valence-electron chi connectivity index (χ2n) is 10.2. The predicted octanol–water partition coefficient (Wildman–Crippen LogP) is 4.53. The topological polar surface area (TPSA) is 98.3 Å². The van der Waals surface area contributed by atoms with Gasteiger partial charge in [0, 0.05) is 43.9 Å². The first-order valence-electron chi connectivity index (χ1n) is 13.3. The summed E-state index contributed by atoms with van der Waals surface area (Å²) >= 11 is 0. The molecule has 2 aromatic heterocycles. The van der Waals surface area contributed by atoms with Crippen molar-refractivity contribution in [1.82, 2.24) is 24.8 Å². The molecule has 1 aliphatic heterocycles. The van der Waals surface area contributed by atoms with E-state index < -0.39 is 0 Å². The molecule has 1 saturated heterocycles. The van der Waals surface area contributed by atoms with E-state index in [9.17, 15) is 4.79 Å². The smallest absolute Gasteiger partial charge is 0.317 e. The fourth-order valence-electron chi connectivity index (χ4n) is 5.50. The molecule has 0 bridgehead atoms. The maximum Gasteiger partial charge on any atom is 0.317 e. The minimum absolute atomic E-state index is 0.0885. The molecule has 192 valence electrons. The second-order valence-corrected chi connectivity index (χ2v) is 10.2. The normalized spacial score (nSPS) is 20.1. The van der Waals surface area contributed by atoms with Crippen LogP contribution in [0.2, 0.25) is 0 Å². The lowest BCUT2D eigenvalue weighted by atomic mass is 9.93. The quantitative estimate of drug-likeness (QED) is 0.483. The van der Waals surface area contributed by atoms with Crippen LogP contribution in [0.5, 0.6) is 0 Å². The molecule has 3 heterocycles. The van der Waals surface area contributed by atoms with Gasteiger partial charge in [0.2, 0.25) is 0 Å². The fraction of sp³-hybridized carbons (Fsp3) is 0.536. The molecule has 2 amide bonds. The number of anilines is 1. The number of hydrogen-bond acceptors (Lipinski definition) is 5. The summed E-state index contributed by atoms with van der Waals surface area (Å²) in [6.45, 7) is 9.67. The number of nitrogens with zero attached hydrogens (tertiary/aromatic N) is 4. The highest BCUT2D eigenvalue weighted by Crippen LogP contribution is 2.40. The van der Waals surface area contributed by atoms with Gasteiger partial charge in [0.25, 0.3) is 0 Å². The number of aromatic nitrogens is 3. The van der Waals surface area contributed by atoms with E-state index in [4.69, 9.17) is 15.5 Å². The maximum atomic E-state index is 12.8. The van der Waals surface area contributed by atoms with Gasteiger partial charge in [-0.3, -0.25) is 0 Å². The number of urea groups is 1. The van der Waals surface area contributed by atoms with Crippen molar-refractivity contribution in [3.8, 4) is 0 Å². The van der Waals surface area contributed by atoms with E-state index in [0.717, 1.165) is 73.4 Å². The van der Waals surface area contributed by atoms with Crippen LogP contribution in [-0.4, -0.2) is 51.2 Å². The Morgan fingerprint density at radius 1 is 1.17 bits per heavy atom. The molecule has 3 aromatic rings. The molecule has 5 rings (SSSR count). The van der Waals surface area contributed by atoms with E-state index in [2.05, 4.69) is 46.1 Å². The third-order valence-corrected chi connectivity index (χ3v) is 7.90. The summed E-state index contributed by atoms with van der Waals surface area (Å²) in [5.74, 6) is 2.42. The van der Waals surface area contributed by atoms with E-state index in [1.54, 1.807) is 0 Å². The van der Waals surface area contributed by atoms with Crippen molar-refractivity contribution < 1.29 is 9.53 Å². The number of benzene rings is 1. The van der Waals surface area contributed by atoms with Crippen LogP contribution in [0, 0.1) is 19.8 Å². The van der Waals surface area contributed by atoms with Crippen molar-refractivity contribution in [3.05, 3.63) is 53.0 Å². The Bertz CT molecular complexity index is 1220. The number of nitrogen functional groups attached to an aromatic ring is 1. The van der Waals surface area contributed by atoms with Gasteiger partial charge in [0.15, 0.2) is 5.82 Å². The summed E-state index contributed by atoms with van der Waals surface area (Å²) in [6, 6.07) is 10.8. The largest absolute Gasteiger partial charge is 0.382 e. The van der Waals surface area contributed by atoms with Gasteiger partial charge in [-0.1, -0.05) is 30.3 Å². The first kappa shape index (κ1) is 24.6. The Morgan fingerprint density at radius 2 is 1.92 bits per heavy atom. The lowest BCUT2D eigenvalue weighted by Gasteiger charge is -2.32. The number of fused-ring (bicyclic) bond motifs is 1. The third kappa shape index (κ3) is 5.05. The van der Waals surface area contributed by atoms with Gasteiger partial charge in [-0.2, -0.15) is 0 Å². The third-order valence-electron chi connectivity index (χ3n) is 7.90. The number of nitrogens with two attached hydrogens (primary N) is 1. The van der Waals surface area contributed by atoms with Gasteiger partial charge >= 0.3 is 6.03 Å². The molecule has 0 unspecified atom stereocenters. The molecule has 1 aromatic carbocycles. The maximum absolute atomic E-state index is 12.8. The molecule has 36 heavy (non-hydrogen) atoms. The van der Waals surface area contributed by atoms with Gasteiger partial charge in [-0.15, -0.1) is 0 Å². The van der Waals surface area contributed by atoms with Crippen molar-refractivity contribution in [2.24, 2.45) is 5.92 Å². The van der Waals surface area contributed by atoms with Crippen molar-refractivity contribution in [3.63, 3.8) is 0 Å². The number of carbonyl (C=O) groups is 1. The highest BCUT2D eigenvalue weighted by atomic mass is 16.5. The number of carbonyl (C=O) groups excluding carboxylic acids is 1. The zero-order valence-electron chi connectivity index (χ0n) is 21.7. The van der Waals surface area contributed by atoms with Gasteiger partial charge in [-0.25, -0.2) is 14.8 Å². The van der Waals surface area contributed by atoms with Crippen LogP contribution in [-0.2, 0) is 17.9 Å². The summed E-state index contributed by atoms with van der Waals surface area (Å²) in [6.07, 6.45) is 4.12. The lowest BCUT2D eigenvalue weighted by Crippen LogP contribution is -2.45. The summed E-state index contributed by atoms with van der Waals surface area (Å²) in [4.78, 5) is 24.1. The summed E-state index contributed by atoms with van der Waals surface area (Å²) < 4.78 is 7.99. The van der Waals surface area contributed by atoms with Crippen molar-refractivity contribution >= 4 is 22.9 Å². The Labute approximate surface area is 213 Å². The van der Waals surface area contributed by atoms with Gasteiger partial charge < -0.3 is 25.3 Å². The molecule has 0 radical (unpaired) electrons. The number of piperidine rings is 1. The Balaban J connectivity index is 1.17. The first-order chi connectivity index (χ1) is 17.5. The van der Waals surface area contributed by atoms with E-state index in [-0.39, 0.29) is 12.1 Å². The average Bonchev–Trinajstić information content (AvgIpc) is 3.56. The summed E-state index contributed by atoms with van der Waals surface area (Å²) in [7, 11) is 0. The van der Waals surface area contributed by atoms with Crippen molar-refractivity contribution in [1.29, 1.82) is 0 Å². The van der Waals surface area contributed by atoms with Crippen LogP contribution < -0.4 is 11.1 Å². The number of imidazole rings is 1. The number of aryl methyl sites for hydroxylation is 3. The highest BCUT2D eigenvalue weighted by Gasteiger charge is 2.40. The van der Waals surface area contributed by atoms with Crippen LogP contribution in [0.4, 0.5) is 10.6 Å². The molecule has 8 nitrogen and oxygen atoms in total. The van der Waals surface area contributed by atoms with Crippen LogP contribution in [0.15, 0.2) is 30.3 Å². The highest BCUT2D eigenvalue weighted by molar-refractivity contribution is 5.88. The van der Waals surface area contributed by atoms with Crippen LogP contribution in [0.1, 0.15) is 61.2 Å². The zero-order valence-corrected chi connectivity index (χ0v) is 21.7. The minimum atomic E-state index is 0.0885. The number of pyridine rings is 1. The van der Waals surface area contributed by atoms with E-state index >= 15 is 0 Å². The molecule has 8 heteroatoms. The van der Waals surface area contributed by atoms with Crippen molar-refractivity contribution in [2.45, 2.75) is 71.6 Å². The molecule has 2 aliphatic rings. The molecule has 1 aliphatic carbocycles. The van der Waals surface area contributed by atoms with Crippen molar-refractivity contribution in [2.75, 3.05) is 25.4 Å². The molecular formula is C28H38N6O2.